The van der Waals surface area contributed by atoms with E-state index in [1.165, 1.54) is 0 Å². The van der Waals surface area contributed by atoms with Gasteiger partial charge < -0.3 is 9.36 Å². The van der Waals surface area contributed by atoms with Crippen molar-refractivity contribution in [3.63, 3.8) is 0 Å². The molecular formula is C22H33N5O3. The first kappa shape index (κ1) is 22.4. The van der Waals surface area contributed by atoms with Crippen LogP contribution >= 0.6 is 0 Å². The molecule has 0 saturated carbocycles. The molecule has 1 aliphatic rings. The maximum atomic E-state index is 12.1. The predicted octanol–water partition coefficient (Wildman–Crippen LogP) is 3.70. The van der Waals surface area contributed by atoms with Crippen LogP contribution in [-0.2, 0) is 16.2 Å². The number of rotatable bonds is 8. The van der Waals surface area contributed by atoms with Crippen molar-refractivity contribution in [2.24, 2.45) is 5.41 Å². The van der Waals surface area contributed by atoms with E-state index in [1.807, 2.05) is 32.9 Å². The van der Waals surface area contributed by atoms with Crippen molar-refractivity contribution in [1.29, 1.82) is 0 Å². The second kappa shape index (κ2) is 10.1. The first-order chi connectivity index (χ1) is 14.4. The molecule has 0 atom stereocenters. The van der Waals surface area contributed by atoms with Crippen molar-refractivity contribution in [1.82, 2.24) is 25.1 Å². The molecule has 2 aromatic heterocycles. The molecule has 0 unspecified atom stereocenters. The molecule has 1 fully saturated rings. The third-order valence-electron chi connectivity index (χ3n) is 5.31. The summed E-state index contributed by atoms with van der Waals surface area (Å²) in [5.74, 6) is 1.03. The zero-order chi connectivity index (χ0) is 21.6. The molecule has 3 heterocycles. The zero-order valence-corrected chi connectivity index (χ0v) is 18.5. The van der Waals surface area contributed by atoms with E-state index < -0.39 is 5.41 Å². The molecule has 1 aliphatic heterocycles. The fourth-order valence-electron chi connectivity index (χ4n) is 3.42. The first-order valence-electron chi connectivity index (χ1n) is 10.8. The van der Waals surface area contributed by atoms with E-state index in [4.69, 9.17) is 9.36 Å². The molecule has 2 aromatic rings. The van der Waals surface area contributed by atoms with Gasteiger partial charge in [0.1, 0.15) is 0 Å². The molecule has 0 spiro atoms. The Morgan fingerprint density at radius 1 is 1.27 bits per heavy atom. The van der Waals surface area contributed by atoms with Crippen LogP contribution in [0.2, 0.25) is 0 Å². The lowest BCUT2D eigenvalue weighted by molar-refractivity contribution is -0.206. The van der Waals surface area contributed by atoms with Crippen LogP contribution in [0.3, 0.4) is 0 Å². The molecule has 3 rings (SSSR count). The average molecular weight is 416 g/mol. The lowest BCUT2D eigenvalue weighted by atomic mass is 9.97. The van der Waals surface area contributed by atoms with Crippen molar-refractivity contribution >= 4 is 5.97 Å². The number of nitrogens with zero attached hydrogens (tertiary/aromatic N) is 5. The van der Waals surface area contributed by atoms with Gasteiger partial charge in [0.2, 0.25) is 11.7 Å². The van der Waals surface area contributed by atoms with E-state index in [0.29, 0.717) is 24.3 Å². The smallest absolute Gasteiger partial charge is 0.330 e. The maximum absolute atomic E-state index is 12.1. The number of pyridine rings is 1. The zero-order valence-electron chi connectivity index (χ0n) is 18.5. The Morgan fingerprint density at radius 3 is 2.60 bits per heavy atom. The quantitative estimate of drug-likeness (QED) is 0.645. The highest BCUT2D eigenvalue weighted by Crippen LogP contribution is 2.23. The Labute approximate surface area is 178 Å². The molecule has 8 nitrogen and oxygen atoms in total. The predicted molar refractivity (Wildman–Crippen MR) is 113 cm³/mol. The van der Waals surface area contributed by atoms with Gasteiger partial charge in [0.15, 0.2) is 0 Å². The third-order valence-corrected chi connectivity index (χ3v) is 5.31. The van der Waals surface area contributed by atoms with Crippen LogP contribution in [-0.4, -0.2) is 56.7 Å². The molecule has 0 radical (unpaired) electrons. The Hall–Kier alpha value is -2.32. The summed E-state index contributed by atoms with van der Waals surface area (Å²) in [5, 5.41) is 5.93. The number of carbonyl (C=O) groups excluding carboxylic acids is 1. The van der Waals surface area contributed by atoms with Gasteiger partial charge in [-0.1, -0.05) is 18.5 Å². The normalized spacial score (nSPS) is 16.2. The fourth-order valence-corrected chi connectivity index (χ4v) is 3.42. The van der Waals surface area contributed by atoms with Crippen molar-refractivity contribution in [3.05, 3.63) is 30.4 Å². The Balaban J connectivity index is 1.59. The summed E-state index contributed by atoms with van der Waals surface area (Å²) in [6.45, 7) is 10.9. The van der Waals surface area contributed by atoms with Gasteiger partial charge in [0.25, 0.3) is 0 Å². The maximum Gasteiger partial charge on any atom is 0.330 e. The number of piperidine rings is 1. The van der Waals surface area contributed by atoms with E-state index in [-0.39, 0.29) is 5.97 Å². The summed E-state index contributed by atoms with van der Waals surface area (Å²) in [5.41, 5.74) is 0.406. The van der Waals surface area contributed by atoms with Gasteiger partial charge in [0, 0.05) is 37.1 Å². The summed E-state index contributed by atoms with van der Waals surface area (Å²) in [7, 11) is 0. The number of hydroxylamine groups is 2. The molecule has 0 bridgehead atoms. The number of unbranched alkanes of at least 4 members (excludes halogenated alkanes) is 1. The van der Waals surface area contributed by atoms with Crippen LogP contribution in [0, 0.1) is 5.41 Å². The summed E-state index contributed by atoms with van der Waals surface area (Å²) < 4.78 is 5.53. The van der Waals surface area contributed by atoms with E-state index in [0.717, 1.165) is 50.9 Å². The van der Waals surface area contributed by atoms with Crippen LogP contribution in [0.4, 0.5) is 0 Å². The second-order valence-corrected chi connectivity index (χ2v) is 8.86. The second-order valence-electron chi connectivity index (χ2n) is 8.86. The van der Waals surface area contributed by atoms with Gasteiger partial charge in [-0.15, -0.1) is 5.06 Å². The Kier molecular flexibility index (Phi) is 7.55. The molecule has 0 aliphatic carbocycles. The first-order valence-corrected chi connectivity index (χ1v) is 10.8. The number of hydrogen-bond acceptors (Lipinski definition) is 8. The van der Waals surface area contributed by atoms with E-state index in [1.54, 1.807) is 17.5 Å². The summed E-state index contributed by atoms with van der Waals surface area (Å²) >= 11 is 0. The van der Waals surface area contributed by atoms with Gasteiger partial charge in [0.05, 0.1) is 12.0 Å². The average Bonchev–Trinajstić information content (AvgIpc) is 3.20. The third kappa shape index (κ3) is 6.09. The van der Waals surface area contributed by atoms with Gasteiger partial charge in [-0.2, -0.15) is 4.98 Å². The molecule has 0 aromatic carbocycles. The lowest BCUT2D eigenvalue weighted by Gasteiger charge is -2.37. The SMILES string of the molecule is CCCCN(Cc1nc(-c2ccncc2)no1)C1CCN(OC(=O)C(C)(C)C)CC1. The van der Waals surface area contributed by atoms with Crippen LogP contribution in [0.5, 0.6) is 0 Å². The minimum Gasteiger partial charge on any atom is -0.367 e. The summed E-state index contributed by atoms with van der Waals surface area (Å²) in [4.78, 5) is 28.7. The van der Waals surface area contributed by atoms with E-state index in [2.05, 4.69) is 26.9 Å². The van der Waals surface area contributed by atoms with Gasteiger partial charge >= 0.3 is 5.97 Å². The molecule has 0 N–H and O–H groups in total. The van der Waals surface area contributed by atoms with Crippen LogP contribution < -0.4 is 0 Å². The van der Waals surface area contributed by atoms with Crippen LogP contribution in [0.1, 0.15) is 59.3 Å². The highest BCUT2D eigenvalue weighted by atomic mass is 16.7. The number of carbonyl (C=O) groups is 1. The Morgan fingerprint density at radius 2 is 1.97 bits per heavy atom. The largest absolute Gasteiger partial charge is 0.367 e. The molecule has 8 heteroatoms. The van der Waals surface area contributed by atoms with Crippen molar-refractivity contribution in [3.8, 4) is 11.4 Å². The Bertz CT molecular complexity index is 795. The fraction of sp³-hybridized carbons (Fsp3) is 0.636. The summed E-state index contributed by atoms with van der Waals surface area (Å²) in [6.07, 6.45) is 7.56. The van der Waals surface area contributed by atoms with Gasteiger partial charge in [-0.3, -0.25) is 9.88 Å². The minimum atomic E-state index is -0.492. The molecule has 1 saturated heterocycles. The summed E-state index contributed by atoms with van der Waals surface area (Å²) in [6, 6.07) is 4.15. The van der Waals surface area contributed by atoms with E-state index in [9.17, 15) is 4.79 Å². The van der Waals surface area contributed by atoms with Crippen LogP contribution in [0.15, 0.2) is 29.0 Å². The topological polar surface area (TPSA) is 84.6 Å². The molecule has 0 amide bonds. The van der Waals surface area contributed by atoms with E-state index >= 15 is 0 Å². The number of aromatic nitrogens is 3. The van der Waals surface area contributed by atoms with Crippen molar-refractivity contribution in [2.75, 3.05) is 19.6 Å². The highest BCUT2D eigenvalue weighted by molar-refractivity contribution is 5.75. The van der Waals surface area contributed by atoms with Gasteiger partial charge in [-0.25, -0.2) is 4.79 Å². The molecule has 164 valence electrons. The monoisotopic (exact) mass is 415 g/mol. The number of hydrogen-bond donors (Lipinski definition) is 0. The highest BCUT2D eigenvalue weighted by Gasteiger charge is 2.30. The standard InChI is InChI=1S/C22H33N5O3/c1-5-6-13-26(16-19-24-20(25-29-19)17-7-11-23-12-8-17)18-9-14-27(15-10-18)30-21(28)22(2,3)4/h7-8,11-12,18H,5-6,9-10,13-16H2,1-4H3. The van der Waals surface area contributed by atoms with Crippen LogP contribution in [0.25, 0.3) is 11.4 Å². The molecular weight excluding hydrogens is 382 g/mol. The van der Waals surface area contributed by atoms with Crippen molar-refractivity contribution < 1.29 is 14.2 Å². The minimum absolute atomic E-state index is 0.182. The molecule has 30 heavy (non-hydrogen) atoms. The van der Waals surface area contributed by atoms with Crippen molar-refractivity contribution in [2.45, 2.75) is 66.0 Å². The lowest BCUT2D eigenvalue weighted by Crippen LogP contribution is -2.46. The van der Waals surface area contributed by atoms with Gasteiger partial charge in [-0.05, 0) is 58.7 Å².